The molecule has 1 aromatic heterocycles. The first-order chi connectivity index (χ1) is 14.0. The highest BCUT2D eigenvalue weighted by Crippen LogP contribution is 2.27. The minimum absolute atomic E-state index is 0.192. The fourth-order valence-electron chi connectivity index (χ4n) is 3.05. The first-order valence-electron chi connectivity index (χ1n) is 9.14. The Balaban J connectivity index is 1.57. The predicted octanol–water partition coefficient (Wildman–Crippen LogP) is 5.01. The summed E-state index contributed by atoms with van der Waals surface area (Å²) in [6.45, 7) is 3.44. The number of benzene rings is 3. The number of rotatable bonds is 4. The van der Waals surface area contributed by atoms with E-state index in [0.29, 0.717) is 33.9 Å². The molecule has 0 aliphatic carbocycles. The van der Waals surface area contributed by atoms with Crippen LogP contribution in [0.25, 0.3) is 22.6 Å². The first kappa shape index (κ1) is 18.4. The van der Waals surface area contributed by atoms with Crippen LogP contribution in [0.3, 0.4) is 0 Å². The second-order valence-corrected chi connectivity index (χ2v) is 6.79. The van der Waals surface area contributed by atoms with Crippen molar-refractivity contribution in [2.24, 2.45) is 0 Å². The van der Waals surface area contributed by atoms with Gasteiger partial charge in [-0.25, -0.2) is 4.98 Å². The van der Waals surface area contributed by atoms with Gasteiger partial charge < -0.3 is 15.1 Å². The van der Waals surface area contributed by atoms with Gasteiger partial charge in [0, 0.05) is 35.5 Å². The Morgan fingerprint density at radius 1 is 0.897 bits per heavy atom. The number of anilines is 2. The van der Waals surface area contributed by atoms with Crippen LogP contribution in [0.5, 0.6) is 0 Å². The number of aryl methyl sites for hydroxylation is 1. The molecule has 2 amide bonds. The van der Waals surface area contributed by atoms with Gasteiger partial charge in [-0.2, -0.15) is 0 Å². The fraction of sp³-hybridized carbons (Fsp3) is 0.0870. The number of amides is 2. The van der Waals surface area contributed by atoms with Gasteiger partial charge in [-0.15, -0.1) is 0 Å². The highest BCUT2D eigenvalue weighted by molar-refractivity contribution is 6.05. The first-order valence-corrected chi connectivity index (χ1v) is 9.14. The Bertz CT molecular complexity index is 1230. The summed E-state index contributed by atoms with van der Waals surface area (Å²) in [6, 6.07) is 20.0. The number of aromatic nitrogens is 1. The van der Waals surface area contributed by atoms with Gasteiger partial charge in [0.2, 0.25) is 11.8 Å². The van der Waals surface area contributed by atoms with Crippen LogP contribution in [0, 0.1) is 6.92 Å². The van der Waals surface area contributed by atoms with Crippen molar-refractivity contribution in [3.05, 3.63) is 77.9 Å². The molecule has 4 rings (SSSR count). The molecule has 4 aromatic rings. The number of hydrogen-bond donors (Lipinski definition) is 2. The molecule has 0 atom stereocenters. The standard InChI is InChI=1S/C23H19N3O3/c1-14-5-3-7-17(11-14)23-26-20-10-9-19(13-21(20)29-23)25-22(28)16-6-4-8-18(12-16)24-15(2)27/h3-13H,1-2H3,(H,24,27)(H,25,28). The monoisotopic (exact) mass is 385 g/mol. The van der Waals surface area contributed by atoms with E-state index in [1.807, 2.05) is 37.3 Å². The van der Waals surface area contributed by atoms with E-state index >= 15 is 0 Å². The zero-order valence-corrected chi connectivity index (χ0v) is 16.0. The molecule has 0 saturated heterocycles. The van der Waals surface area contributed by atoms with Crippen LogP contribution in [-0.2, 0) is 4.79 Å². The molecule has 0 aliphatic heterocycles. The van der Waals surface area contributed by atoms with Gasteiger partial charge in [0.25, 0.3) is 5.91 Å². The molecule has 6 nitrogen and oxygen atoms in total. The molecule has 6 heteroatoms. The Kier molecular flexibility index (Phi) is 4.83. The van der Waals surface area contributed by atoms with Gasteiger partial charge in [0.1, 0.15) is 5.52 Å². The number of nitrogens with one attached hydrogen (secondary N) is 2. The molecule has 29 heavy (non-hydrogen) atoms. The quantitative estimate of drug-likeness (QED) is 0.517. The van der Waals surface area contributed by atoms with Crippen LogP contribution < -0.4 is 10.6 Å². The zero-order valence-electron chi connectivity index (χ0n) is 16.0. The fourth-order valence-corrected chi connectivity index (χ4v) is 3.05. The number of oxazole rings is 1. The van der Waals surface area contributed by atoms with Crippen LogP contribution in [-0.4, -0.2) is 16.8 Å². The summed E-state index contributed by atoms with van der Waals surface area (Å²) >= 11 is 0. The maximum Gasteiger partial charge on any atom is 0.255 e. The molecule has 0 radical (unpaired) electrons. The van der Waals surface area contributed by atoms with Crippen LogP contribution in [0.4, 0.5) is 11.4 Å². The highest BCUT2D eigenvalue weighted by atomic mass is 16.3. The van der Waals surface area contributed by atoms with Crippen molar-refractivity contribution in [2.75, 3.05) is 10.6 Å². The van der Waals surface area contributed by atoms with Crippen LogP contribution in [0.2, 0.25) is 0 Å². The number of hydrogen-bond acceptors (Lipinski definition) is 4. The predicted molar refractivity (Wildman–Crippen MR) is 113 cm³/mol. The van der Waals surface area contributed by atoms with E-state index in [1.165, 1.54) is 6.92 Å². The number of fused-ring (bicyclic) bond motifs is 1. The van der Waals surface area contributed by atoms with Crippen molar-refractivity contribution in [2.45, 2.75) is 13.8 Å². The molecule has 0 saturated carbocycles. The zero-order chi connectivity index (χ0) is 20.4. The summed E-state index contributed by atoms with van der Waals surface area (Å²) in [7, 11) is 0. The van der Waals surface area contributed by atoms with Gasteiger partial charge >= 0.3 is 0 Å². The summed E-state index contributed by atoms with van der Waals surface area (Å²) in [5.74, 6) is 0.0629. The molecule has 144 valence electrons. The van der Waals surface area contributed by atoms with Gasteiger partial charge in [-0.1, -0.05) is 23.8 Å². The Morgan fingerprint density at radius 2 is 1.69 bits per heavy atom. The summed E-state index contributed by atoms with van der Waals surface area (Å²) in [5, 5.41) is 5.52. The smallest absolute Gasteiger partial charge is 0.255 e. The molecule has 0 spiro atoms. The minimum Gasteiger partial charge on any atom is -0.436 e. The van der Waals surface area contributed by atoms with E-state index in [4.69, 9.17) is 4.42 Å². The summed E-state index contributed by atoms with van der Waals surface area (Å²) in [5.41, 5.74) is 4.94. The third-order valence-corrected chi connectivity index (χ3v) is 4.36. The number of carbonyl (C=O) groups excluding carboxylic acids is 2. The van der Waals surface area contributed by atoms with Crippen molar-refractivity contribution in [1.82, 2.24) is 4.98 Å². The third kappa shape index (κ3) is 4.16. The molecule has 0 unspecified atom stereocenters. The lowest BCUT2D eigenvalue weighted by Gasteiger charge is -2.07. The number of nitrogens with zero attached hydrogens (tertiary/aromatic N) is 1. The largest absolute Gasteiger partial charge is 0.436 e. The Morgan fingerprint density at radius 3 is 2.48 bits per heavy atom. The topological polar surface area (TPSA) is 84.2 Å². The van der Waals surface area contributed by atoms with Crippen molar-refractivity contribution >= 4 is 34.3 Å². The van der Waals surface area contributed by atoms with Crippen LogP contribution >= 0.6 is 0 Å². The van der Waals surface area contributed by atoms with Crippen LogP contribution in [0.1, 0.15) is 22.8 Å². The highest BCUT2D eigenvalue weighted by Gasteiger charge is 2.11. The van der Waals surface area contributed by atoms with Crippen molar-refractivity contribution in [3.8, 4) is 11.5 Å². The maximum absolute atomic E-state index is 12.6. The average Bonchev–Trinajstić information content (AvgIpc) is 3.11. The molecule has 2 N–H and O–H groups in total. The Hall–Kier alpha value is -3.93. The SMILES string of the molecule is CC(=O)Nc1cccc(C(=O)Nc2ccc3nc(-c4cccc(C)c4)oc3c2)c1. The lowest BCUT2D eigenvalue weighted by molar-refractivity contribution is -0.114. The second kappa shape index (κ2) is 7.59. The van der Waals surface area contributed by atoms with Gasteiger partial charge in [0.15, 0.2) is 5.58 Å². The van der Waals surface area contributed by atoms with E-state index in [0.717, 1.165) is 11.1 Å². The Labute approximate surface area is 167 Å². The molecule has 1 heterocycles. The van der Waals surface area contributed by atoms with E-state index in [2.05, 4.69) is 15.6 Å². The molecule has 0 fully saturated rings. The third-order valence-electron chi connectivity index (χ3n) is 4.36. The van der Waals surface area contributed by atoms with Gasteiger partial charge in [-0.05, 0) is 49.4 Å². The summed E-state index contributed by atoms with van der Waals surface area (Å²) in [6.07, 6.45) is 0. The van der Waals surface area contributed by atoms with E-state index < -0.39 is 0 Å². The number of carbonyl (C=O) groups is 2. The minimum atomic E-state index is -0.282. The molecule has 0 aliphatic rings. The van der Waals surface area contributed by atoms with Crippen LogP contribution in [0.15, 0.2) is 71.1 Å². The van der Waals surface area contributed by atoms with Gasteiger partial charge in [0.05, 0.1) is 0 Å². The van der Waals surface area contributed by atoms with E-state index in [9.17, 15) is 9.59 Å². The van der Waals surface area contributed by atoms with E-state index in [1.54, 1.807) is 36.4 Å². The molecule has 3 aromatic carbocycles. The summed E-state index contributed by atoms with van der Waals surface area (Å²) in [4.78, 5) is 28.3. The second-order valence-electron chi connectivity index (χ2n) is 6.79. The van der Waals surface area contributed by atoms with Gasteiger partial charge in [-0.3, -0.25) is 9.59 Å². The normalized spacial score (nSPS) is 10.7. The lowest BCUT2D eigenvalue weighted by atomic mass is 10.1. The summed E-state index contributed by atoms with van der Waals surface area (Å²) < 4.78 is 5.89. The van der Waals surface area contributed by atoms with E-state index in [-0.39, 0.29) is 11.8 Å². The lowest BCUT2D eigenvalue weighted by Crippen LogP contribution is -2.13. The molecular weight excluding hydrogens is 366 g/mol. The van der Waals surface area contributed by atoms with Crippen molar-refractivity contribution in [3.63, 3.8) is 0 Å². The maximum atomic E-state index is 12.6. The average molecular weight is 385 g/mol. The molecule has 0 bridgehead atoms. The van der Waals surface area contributed by atoms with Crippen molar-refractivity contribution in [1.29, 1.82) is 0 Å². The van der Waals surface area contributed by atoms with Crippen molar-refractivity contribution < 1.29 is 14.0 Å². The molecular formula is C23H19N3O3.